The van der Waals surface area contributed by atoms with Gasteiger partial charge in [0.2, 0.25) is 0 Å². The van der Waals surface area contributed by atoms with Crippen molar-refractivity contribution in [2.24, 2.45) is 0 Å². The number of pyridine rings is 1. The number of methoxy groups -OCH3 is 1. The van der Waals surface area contributed by atoms with Crippen molar-refractivity contribution in [3.05, 3.63) is 89.0 Å². The molecule has 0 aliphatic carbocycles. The van der Waals surface area contributed by atoms with E-state index in [1.54, 1.807) is 25.4 Å². The minimum Gasteiger partial charge on any atom is -0.497 e. The van der Waals surface area contributed by atoms with Crippen molar-refractivity contribution in [3.63, 3.8) is 0 Å². The molecule has 1 unspecified atom stereocenters. The minimum atomic E-state index is -0.968. The molecular weight excluding hydrogens is 393 g/mol. The molecule has 0 radical (unpaired) electrons. The lowest BCUT2D eigenvalue weighted by Crippen LogP contribution is -2.46. The second-order valence-electron chi connectivity index (χ2n) is 7.90. The molecule has 6 heteroatoms. The number of hydrogen-bond donors (Lipinski definition) is 1. The van der Waals surface area contributed by atoms with E-state index in [1.165, 1.54) is 11.6 Å². The van der Waals surface area contributed by atoms with E-state index < -0.39 is 6.10 Å². The Morgan fingerprint density at radius 3 is 2.45 bits per heavy atom. The summed E-state index contributed by atoms with van der Waals surface area (Å²) in [4.78, 5) is 8.73. The van der Waals surface area contributed by atoms with E-state index in [1.807, 2.05) is 36.1 Å². The second-order valence-corrected chi connectivity index (χ2v) is 7.90. The predicted molar refractivity (Wildman–Crippen MR) is 120 cm³/mol. The molecule has 1 fully saturated rings. The standard InChI is InChI=1S/C25H28FN3O2/c1-18-5-4-12-27-23(18)25(30)21-6-3-7-22(26)24(21)29-15-13-28(14-16-29)17-19-8-10-20(31-2)11-9-19/h3-12,25,30H,13-17H2,1-2H3. The van der Waals surface area contributed by atoms with E-state index in [0.29, 0.717) is 30.0 Å². The van der Waals surface area contributed by atoms with Crippen molar-refractivity contribution in [3.8, 4) is 5.75 Å². The fourth-order valence-corrected chi connectivity index (χ4v) is 4.14. The van der Waals surface area contributed by atoms with Crippen molar-refractivity contribution in [2.75, 3.05) is 38.2 Å². The van der Waals surface area contributed by atoms with E-state index in [2.05, 4.69) is 22.0 Å². The first kappa shape index (κ1) is 21.3. The van der Waals surface area contributed by atoms with E-state index in [-0.39, 0.29) is 5.82 Å². The quantitative estimate of drug-likeness (QED) is 0.653. The first-order valence-electron chi connectivity index (χ1n) is 10.5. The van der Waals surface area contributed by atoms with Crippen LogP contribution in [-0.2, 0) is 6.54 Å². The number of nitrogens with zero attached hydrogens (tertiary/aromatic N) is 3. The van der Waals surface area contributed by atoms with Crippen molar-refractivity contribution < 1.29 is 14.2 Å². The van der Waals surface area contributed by atoms with Gasteiger partial charge >= 0.3 is 0 Å². The van der Waals surface area contributed by atoms with Crippen LogP contribution in [0.1, 0.15) is 28.5 Å². The molecule has 1 aliphatic heterocycles. The molecule has 3 aromatic rings. The zero-order valence-electron chi connectivity index (χ0n) is 18.0. The van der Waals surface area contributed by atoms with Crippen molar-refractivity contribution in [2.45, 2.75) is 19.6 Å². The normalized spacial score (nSPS) is 15.7. The lowest BCUT2D eigenvalue weighted by Gasteiger charge is -2.37. The van der Waals surface area contributed by atoms with Crippen molar-refractivity contribution in [1.29, 1.82) is 0 Å². The largest absolute Gasteiger partial charge is 0.497 e. The van der Waals surface area contributed by atoms with Gasteiger partial charge in [-0.1, -0.05) is 30.3 Å². The fraction of sp³-hybridized carbons (Fsp3) is 0.320. The highest BCUT2D eigenvalue weighted by atomic mass is 19.1. The van der Waals surface area contributed by atoms with Crippen LogP contribution >= 0.6 is 0 Å². The number of benzene rings is 2. The van der Waals surface area contributed by atoms with Crippen LogP contribution in [0.3, 0.4) is 0 Å². The second kappa shape index (κ2) is 9.45. The molecule has 2 heterocycles. The summed E-state index contributed by atoms with van der Waals surface area (Å²) in [5.74, 6) is 0.538. The highest BCUT2D eigenvalue weighted by Crippen LogP contribution is 2.34. The SMILES string of the molecule is COc1ccc(CN2CCN(c3c(F)cccc3C(O)c3ncccc3C)CC2)cc1. The first-order valence-corrected chi connectivity index (χ1v) is 10.5. The lowest BCUT2D eigenvalue weighted by atomic mass is 9.99. The third-order valence-electron chi connectivity index (χ3n) is 5.88. The van der Waals surface area contributed by atoms with Crippen LogP contribution in [0.25, 0.3) is 0 Å². The number of piperazine rings is 1. The van der Waals surface area contributed by atoms with Crippen LogP contribution in [0.4, 0.5) is 10.1 Å². The Hall–Kier alpha value is -2.96. The van der Waals surface area contributed by atoms with Crippen molar-refractivity contribution >= 4 is 5.69 Å². The molecule has 1 aromatic heterocycles. The minimum absolute atomic E-state index is 0.311. The molecule has 4 rings (SSSR count). The molecular formula is C25H28FN3O2. The molecule has 1 aliphatic rings. The molecule has 31 heavy (non-hydrogen) atoms. The third kappa shape index (κ3) is 4.70. The Balaban J connectivity index is 1.49. The van der Waals surface area contributed by atoms with Crippen LogP contribution < -0.4 is 9.64 Å². The summed E-state index contributed by atoms with van der Waals surface area (Å²) in [5, 5.41) is 11.0. The fourth-order valence-electron chi connectivity index (χ4n) is 4.14. The Labute approximate surface area is 182 Å². The zero-order valence-corrected chi connectivity index (χ0v) is 18.0. The van der Waals surface area contributed by atoms with Gasteiger partial charge in [-0.05, 0) is 42.3 Å². The average molecular weight is 422 g/mol. The van der Waals surface area contributed by atoms with E-state index in [0.717, 1.165) is 30.9 Å². The molecule has 1 N–H and O–H groups in total. The highest BCUT2D eigenvalue weighted by Gasteiger charge is 2.26. The summed E-state index contributed by atoms with van der Waals surface area (Å²) in [7, 11) is 1.66. The van der Waals surface area contributed by atoms with Gasteiger partial charge in [-0.3, -0.25) is 9.88 Å². The number of aryl methyl sites for hydroxylation is 1. The molecule has 0 amide bonds. The zero-order chi connectivity index (χ0) is 21.8. The first-order chi connectivity index (χ1) is 15.1. The van der Waals surface area contributed by atoms with E-state index in [9.17, 15) is 9.50 Å². The summed E-state index contributed by atoms with van der Waals surface area (Å²) in [6.45, 7) is 5.77. The summed E-state index contributed by atoms with van der Waals surface area (Å²) in [5.41, 5.74) is 3.71. The van der Waals surface area contributed by atoms with Gasteiger partial charge in [-0.25, -0.2) is 4.39 Å². The maximum Gasteiger partial charge on any atom is 0.146 e. The van der Waals surface area contributed by atoms with Crippen LogP contribution in [0, 0.1) is 12.7 Å². The molecule has 0 saturated carbocycles. The van der Waals surface area contributed by atoms with Gasteiger partial charge < -0.3 is 14.7 Å². The van der Waals surface area contributed by atoms with Gasteiger partial charge in [-0.15, -0.1) is 0 Å². The smallest absolute Gasteiger partial charge is 0.146 e. The highest BCUT2D eigenvalue weighted by molar-refractivity contribution is 5.58. The predicted octanol–water partition coefficient (Wildman–Crippen LogP) is 3.94. The number of halogens is 1. The summed E-state index contributed by atoms with van der Waals surface area (Å²) < 4.78 is 20.2. The Bertz CT molecular complexity index is 1020. The van der Waals surface area contributed by atoms with Crippen LogP contribution in [0.2, 0.25) is 0 Å². The van der Waals surface area contributed by atoms with Crippen LogP contribution in [-0.4, -0.2) is 48.3 Å². The molecule has 1 atom stereocenters. The number of hydrogen-bond acceptors (Lipinski definition) is 5. The number of ether oxygens (including phenoxy) is 1. The number of aliphatic hydroxyl groups is 1. The van der Waals surface area contributed by atoms with Crippen LogP contribution in [0.5, 0.6) is 5.75 Å². The molecule has 5 nitrogen and oxygen atoms in total. The van der Waals surface area contributed by atoms with Gasteiger partial charge in [0.1, 0.15) is 17.7 Å². The third-order valence-corrected chi connectivity index (χ3v) is 5.88. The van der Waals surface area contributed by atoms with E-state index in [4.69, 9.17) is 4.74 Å². The molecule has 1 saturated heterocycles. The van der Waals surface area contributed by atoms with Gasteiger partial charge in [0.15, 0.2) is 0 Å². The monoisotopic (exact) mass is 421 g/mol. The number of anilines is 1. The van der Waals surface area contributed by atoms with Crippen molar-refractivity contribution in [1.82, 2.24) is 9.88 Å². The summed E-state index contributed by atoms with van der Waals surface area (Å²) in [6.07, 6.45) is 0.687. The number of rotatable bonds is 6. The van der Waals surface area contributed by atoms with Gasteiger partial charge in [-0.2, -0.15) is 0 Å². The number of aliphatic hydroxyl groups excluding tert-OH is 1. The lowest BCUT2D eigenvalue weighted by molar-refractivity contribution is 0.213. The maximum atomic E-state index is 14.9. The molecule has 0 bridgehead atoms. The molecule has 2 aromatic carbocycles. The molecule has 162 valence electrons. The van der Waals surface area contributed by atoms with Gasteiger partial charge in [0.05, 0.1) is 18.5 Å². The van der Waals surface area contributed by atoms with Gasteiger partial charge in [0, 0.05) is 44.5 Å². The van der Waals surface area contributed by atoms with Crippen LogP contribution in [0.15, 0.2) is 60.8 Å². The number of aromatic nitrogens is 1. The summed E-state index contributed by atoms with van der Waals surface area (Å²) in [6, 6.07) is 16.7. The summed E-state index contributed by atoms with van der Waals surface area (Å²) >= 11 is 0. The maximum absolute atomic E-state index is 14.9. The topological polar surface area (TPSA) is 48.8 Å². The Morgan fingerprint density at radius 1 is 1.03 bits per heavy atom. The molecule has 0 spiro atoms. The number of para-hydroxylation sites is 1. The average Bonchev–Trinajstić information content (AvgIpc) is 2.80. The Morgan fingerprint density at radius 2 is 1.77 bits per heavy atom. The Kier molecular flexibility index (Phi) is 6.49. The van der Waals surface area contributed by atoms with Gasteiger partial charge in [0.25, 0.3) is 0 Å². The van der Waals surface area contributed by atoms with E-state index >= 15 is 0 Å².